The van der Waals surface area contributed by atoms with Crippen molar-refractivity contribution in [3.05, 3.63) is 89.4 Å². The van der Waals surface area contributed by atoms with Crippen molar-refractivity contribution in [2.75, 3.05) is 25.0 Å². The number of nitrogens with one attached hydrogen (secondary N) is 1. The van der Waals surface area contributed by atoms with Gasteiger partial charge < -0.3 is 19.5 Å². The summed E-state index contributed by atoms with van der Waals surface area (Å²) >= 11 is 0. The van der Waals surface area contributed by atoms with Gasteiger partial charge in [-0.25, -0.2) is 0 Å². The molecule has 4 rings (SSSR count). The largest absolute Gasteiger partial charge is 0.467 e. The van der Waals surface area contributed by atoms with Crippen molar-refractivity contribution < 1.29 is 14.0 Å². The highest BCUT2D eigenvalue weighted by Crippen LogP contribution is 2.26. The molecule has 0 unspecified atom stereocenters. The van der Waals surface area contributed by atoms with Crippen molar-refractivity contribution in [1.29, 1.82) is 0 Å². The van der Waals surface area contributed by atoms with E-state index in [2.05, 4.69) is 10.2 Å². The van der Waals surface area contributed by atoms with Gasteiger partial charge in [-0.15, -0.1) is 0 Å². The Bertz CT molecular complexity index is 1050. The van der Waals surface area contributed by atoms with E-state index >= 15 is 0 Å². The molecule has 0 atom stereocenters. The summed E-state index contributed by atoms with van der Waals surface area (Å²) in [6, 6.07) is 19.2. The molecule has 2 aromatic carbocycles. The quantitative estimate of drug-likeness (QED) is 0.633. The molecule has 6 nitrogen and oxygen atoms in total. The molecule has 32 heavy (non-hydrogen) atoms. The molecule has 1 saturated heterocycles. The summed E-state index contributed by atoms with van der Waals surface area (Å²) < 4.78 is 5.38. The van der Waals surface area contributed by atoms with Gasteiger partial charge in [-0.1, -0.05) is 29.8 Å². The number of anilines is 1. The van der Waals surface area contributed by atoms with Gasteiger partial charge in [-0.05, 0) is 56.2 Å². The van der Waals surface area contributed by atoms with Crippen LogP contribution in [0.2, 0.25) is 0 Å². The fourth-order valence-electron chi connectivity index (χ4n) is 4.08. The van der Waals surface area contributed by atoms with E-state index in [1.807, 2.05) is 67.6 Å². The molecule has 0 saturated carbocycles. The van der Waals surface area contributed by atoms with Gasteiger partial charge in [0.1, 0.15) is 5.76 Å². The third-order valence-electron chi connectivity index (χ3n) is 5.94. The van der Waals surface area contributed by atoms with Crippen molar-refractivity contribution >= 4 is 17.5 Å². The van der Waals surface area contributed by atoms with E-state index < -0.39 is 0 Å². The van der Waals surface area contributed by atoms with Crippen LogP contribution >= 0.6 is 0 Å². The van der Waals surface area contributed by atoms with Crippen LogP contribution in [-0.4, -0.2) is 42.9 Å². The molecule has 2 heterocycles. The van der Waals surface area contributed by atoms with Gasteiger partial charge in [-0.3, -0.25) is 9.59 Å². The van der Waals surface area contributed by atoms with Crippen LogP contribution in [0, 0.1) is 6.92 Å². The van der Waals surface area contributed by atoms with Crippen molar-refractivity contribution in [3.8, 4) is 0 Å². The number of benzene rings is 2. The molecule has 0 bridgehead atoms. The van der Waals surface area contributed by atoms with Gasteiger partial charge in [0.25, 0.3) is 11.8 Å². The van der Waals surface area contributed by atoms with Crippen LogP contribution in [0.5, 0.6) is 0 Å². The number of rotatable bonds is 6. The summed E-state index contributed by atoms with van der Waals surface area (Å²) in [6.45, 7) is 4.00. The normalized spacial score (nSPS) is 14.2. The Labute approximate surface area is 188 Å². The minimum atomic E-state index is -0.0354. The van der Waals surface area contributed by atoms with E-state index in [0.717, 1.165) is 42.9 Å². The van der Waals surface area contributed by atoms with Crippen LogP contribution in [0.15, 0.2) is 71.3 Å². The van der Waals surface area contributed by atoms with Crippen molar-refractivity contribution in [2.24, 2.45) is 0 Å². The van der Waals surface area contributed by atoms with Crippen LogP contribution in [0.3, 0.4) is 0 Å². The zero-order chi connectivity index (χ0) is 22.5. The standard InChI is InChI=1S/C26H29N3O3/c1-19-9-11-20(12-10-19)25(30)27-21-13-15-29(16-14-21)24-8-4-3-7-23(24)26(31)28(2)18-22-6-5-17-32-22/h3-12,17,21H,13-16,18H2,1-2H3,(H,27,30). The summed E-state index contributed by atoms with van der Waals surface area (Å²) in [5.74, 6) is 0.689. The van der Waals surface area contributed by atoms with E-state index in [4.69, 9.17) is 4.42 Å². The SMILES string of the molecule is Cc1ccc(C(=O)NC2CCN(c3ccccc3C(=O)N(C)Cc3ccco3)CC2)cc1. The highest BCUT2D eigenvalue weighted by Gasteiger charge is 2.25. The first-order chi connectivity index (χ1) is 15.5. The topological polar surface area (TPSA) is 65.8 Å². The third kappa shape index (κ3) is 5.02. The van der Waals surface area contributed by atoms with Crippen LogP contribution in [-0.2, 0) is 6.54 Å². The zero-order valence-corrected chi connectivity index (χ0v) is 18.6. The van der Waals surface area contributed by atoms with Crippen molar-refractivity contribution in [2.45, 2.75) is 32.4 Å². The number of piperidine rings is 1. The third-order valence-corrected chi connectivity index (χ3v) is 5.94. The second-order valence-electron chi connectivity index (χ2n) is 8.36. The minimum Gasteiger partial charge on any atom is -0.467 e. The Kier molecular flexibility index (Phi) is 6.59. The van der Waals surface area contributed by atoms with Gasteiger partial charge in [0.05, 0.1) is 18.4 Å². The highest BCUT2D eigenvalue weighted by molar-refractivity contribution is 5.99. The number of nitrogens with zero attached hydrogens (tertiary/aromatic N) is 2. The molecule has 1 fully saturated rings. The van der Waals surface area contributed by atoms with Gasteiger partial charge in [0, 0.05) is 37.4 Å². The van der Waals surface area contributed by atoms with E-state index in [1.54, 1.807) is 18.2 Å². The van der Waals surface area contributed by atoms with Crippen LogP contribution in [0.4, 0.5) is 5.69 Å². The molecule has 1 aromatic heterocycles. The molecule has 6 heteroatoms. The summed E-state index contributed by atoms with van der Waals surface area (Å²) in [5.41, 5.74) is 3.45. The number of carbonyl (C=O) groups is 2. The molecule has 0 aliphatic carbocycles. The van der Waals surface area contributed by atoms with E-state index in [-0.39, 0.29) is 17.9 Å². The van der Waals surface area contributed by atoms with E-state index in [1.165, 1.54) is 0 Å². The summed E-state index contributed by atoms with van der Waals surface area (Å²) in [6.07, 6.45) is 3.29. The maximum absolute atomic E-state index is 13.1. The maximum Gasteiger partial charge on any atom is 0.256 e. The Balaban J connectivity index is 1.38. The highest BCUT2D eigenvalue weighted by atomic mass is 16.3. The lowest BCUT2D eigenvalue weighted by Gasteiger charge is -2.35. The molecular weight excluding hydrogens is 402 g/mol. The lowest BCUT2D eigenvalue weighted by Crippen LogP contribution is -2.45. The van der Waals surface area contributed by atoms with Crippen LogP contribution < -0.4 is 10.2 Å². The molecule has 2 amide bonds. The number of hydrogen-bond donors (Lipinski definition) is 1. The lowest BCUT2D eigenvalue weighted by atomic mass is 10.0. The Hall–Kier alpha value is -3.54. The Morgan fingerprint density at radius 3 is 2.44 bits per heavy atom. The summed E-state index contributed by atoms with van der Waals surface area (Å²) in [7, 11) is 1.79. The predicted octanol–water partition coefficient (Wildman–Crippen LogP) is 4.26. The average Bonchev–Trinajstić information content (AvgIpc) is 3.32. The monoisotopic (exact) mass is 431 g/mol. The number of amides is 2. The number of para-hydroxylation sites is 1. The van der Waals surface area contributed by atoms with Crippen molar-refractivity contribution in [3.63, 3.8) is 0 Å². The van der Waals surface area contributed by atoms with Gasteiger partial charge in [0.2, 0.25) is 0 Å². The Morgan fingerprint density at radius 2 is 1.75 bits per heavy atom. The average molecular weight is 432 g/mol. The number of hydrogen-bond acceptors (Lipinski definition) is 4. The minimum absolute atomic E-state index is 0.0291. The first-order valence-corrected chi connectivity index (χ1v) is 11.0. The first-order valence-electron chi connectivity index (χ1n) is 11.0. The van der Waals surface area contributed by atoms with Gasteiger partial charge >= 0.3 is 0 Å². The van der Waals surface area contributed by atoms with Gasteiger partial charge in [-0.2, -0.15) is 0 Å². The molecule has 166 valence electrons. The molecule has 1 aliphatic rings. The molecule has 3 aromatic rings. The number of carbonyl (C=O) groups excluding carboxylic acids is 2. The molecule has 1 N–H and O–H groups in total. The molecule has 0 spiro atoms. The smallest absolute Gasteiger partial charge is 0.256 e. The van der Waals surface area contributed by atoms with Crippen LogP contribution in [0.1, 0.15) is 44.9 Å². The number of aryl methyl sites for hydroxylation is 1. The second kappa shape index (κ2) is 9.73. The van der Waals surface area contributed by atoms with Gasteiger partial charge in [0.15, 0.2) is 0 Å². The molecule has 1 aliphatic heterocycles. The van der Waals surface area contributed by atoms with E-state index in [9.17, 15) is 9.59 Å². The first kappa shape index (κ1) is 21.7. The van der Waals surface area contributed by atoms with Crippen molar-refractivity contribution in [1.82, 2.24) is 10.2 Å². The van der Waals surface area contributed by atoms with Crippen LogP contribution in [0.25, 0.3) is 0 Å². The molecular formula is C26H29N3O3. The summed E-state index contributed by atoms with van der Waals surface area (Å²) in [5, 5.41) is 3.16. The summed E-state index contributed by atoms with van der Waals surface area (Å²) in [4.78, 5) is 29.6. The maximum atomic E-state index is 13.1. The lowest BCUT2D eigenvalue weighted by molar-refractivity contribution is 0.0776. The predicted molar refractivity (Wildman–Crippen MR) is 125 cm³/mol. The molecule has 0 radical (unpaired) electrons. The zero-order valence-electron chi connectivity index (χ0n) is 18.6. The second-order valence-corrected chi connectivity index (χ2v) is 8.36. The fraction of sp³-hybridized carbons (Fsp3) is 0.308. The Morgan fingerprint density at radius 1 is 1.03 bits per heavy atom. The fourth-order valence-corrected chi connectivity index (χ4v) is 4.08. The van der Waals surface area contributed by atoms with E-state index in [0.29, 0.717) is 17.7 Å². The number of furan rings is 1.